The number of benzene rings is 1. The van der Waals surface area contributed by atoms with Crippen molar-refractivity contribution in [1.82, 2.24) is 0 Å². The minimum absolute atomic E-state index is 0.0723. The van der Waals surface area contributed by atoms with Crippen molar-refractivity contribution in [3.05, 3.63) is 65.3 Å². The van der Waals surface area contributed by atoms with E-state index in [0.29, 0.717) is 25.9 Å². The van der Waals surface area contributed by atoms with E-state index in [1.807, 2.05) is 37.3 Å². The van der Waals surface area contributed by atoms with Gasteiger partial charge in [0, 0.05) is 6.42 Å². The quantitative estimate of drug-likeness (QED) is 0.406. The minimum Gasteiger partial charge on any atom is -0.465 e. The summed E-state index contributed by atoms with van der Waals surface area (Å²) < 4.78 is 5.49. The van der Waals surface area contributed by atoms with Gasteiger partial charge >= 0.3 is 5.97 Å². The summed E-state index contributed by atoms with van der Waals surface area (Å²) in [6.07, 6.45) is 9.42. The summed E-state index contributed by atoms with van der Waals surface area (Å²) in [5.41, 5.74) is 3.47. The fourth-order valence-corrected chi connectivity index (χ4v) is 3.64. The maximum atomic E-state index is 13.1. The number of ketones is 1. The molecular formula is C25H32O3. The highest BCUT2D eigenvalue weighted by Gasteiger charge is 2.45. The third-order valence-electron chi connectivity index (χ3n) is 5.26. The SMILES string of the molecule is CCOC(=O)C1(C/C=C(\C)CCC=C(C)C)CCC(=O)C=C1c1ccccc1. The van der Waals surface area contributed by atoms with Crippen molar-refractivity contribution in [1.29, 1.82) is 0 Å². The lowest BCUT2D eigenvalue weighted by Gasteiger charge is -2.36. The van der Waals surface area contributed by atoms with E-state index in [9.17, 15) is 9.59 Å². The van der Waals surface area contributed by atoms with E-state index in [4.69, 9.17) is 4.74 Å². The second-order valence-corrected chi connectivity index (χ2v) is 7.77. The molecule has 0 saturated carbocycles. The molecule has 0 saturated heterocycles. The number of carbonyl (C=O) groups excluding carboxylic acids is 2. The van der Waals surface area contributed by atoms with Gasteiger partial charge in [0.15, 0.2) is 5.78 Å². The highest BCUT2D eigenvalue weighted by Crippen LogP contribution is 2.47. The van der Waals surface area contributed by atoms with E-state index in [2.05, 4.69) is 32.9 Å². The second kappa shape index (κ2) is 10.2. The fraction of sp³-hybridized carbons (Fsp3) is 0.440. The normalized spacial score (nSPS) is 19.8. The first kappa shape index (κ1) is 21.9. The van der Waals surface area contributed by atoms with Crippen LogP contribution in [0.15, 0.2) is 59.7 Å². The van der Waals surface area contributed by atoms with Gasteiger partial charge in [-0.15, -0.1) is 0 Å². The van der Waals surface area contributed by atoms with Crippen molar-refractivity contribution in [3.63, 3.8) is 0 Å². The van der Waals surface area contributed by atoms with Gasteiger partial charge in [0.2, 0.25) is 0 Å². The van der Waals surface area contributed by atoms with Crippen LogP contribution in [0.3, 0.4) is 0 Å². The zero-order chi connectivity index (χ0) is 20.6. The van der Waals surface area contributed by atoms with Gasteiger partial charge in [-0.3, -0.25) is 9.59 Å². The van der Waals surface area contributed by atoms with Crippen LogP contribution in [0.4, 0.5) is 0 Å². The smallest absolute Gasteiger partial charge is 0.316 e. The Morgan fingerprint density at radius 3 is 2.50 bits per heavy atom. The number of hydrogen-bond donors (Lipinski definition) is 0. The summed E-state index contributed by atoms with van der Waals surface area (Å²) in [6.45, 7) is 8.47. The van der Waals surface area contributed by atoms with Crippen molar-refractivity contribution in [3.8, 4) is 0 Å². The standard InChI is InChI=1S/C25H32O3/c1-5-28-24(27)25(16-14-20(4)11-9-10-19(2)3)17-15-22(26)18-23(25)21-12-7-6-8-13-21/h6-8,10,12-14,18H,5,9,11,15-17H2,1-4H3/b20-14+. The fourth-order valence-electron chi connectivity index (χ4n) is 3.64. The lowest BCUT2D eigenvalue weighted by Crippen LogP contribution is -2.37. The molecule has 0 bridgehead atoms. The zero-order valence-corrected chi connectivity index (χ0v) is 17.6. The van der Waals surface area contributed by atoms with E-state index in [0.717, 1.165) is 24.0 Å². The molecule has 0 spiro atoms. The maximum Gasteiger partial charge on any atom is 0.316 e. The Hall–Kier alpha value is -2.42. The monoisotopic (exact) mass is 380 g/mol. The first-order valence-electron chi connectivity index (χ1n) is 10.2. The average Bonchev–Trinajstić information content (AvgIpc) is 2.67. The number of hydrogen-bond acceptors (Lipinski definition) is 3. The van der Waals surface area contributed by atoms with Gasteiger partial charge in [0.1, 0.15) is 0 Å². The van der Waals surface area contributed by atoms with Crippen molar-refractivity contribution in [2.24, 2.45) is 5.41 Å². The Kier molecular flexibility index (Phi) is 7.98. The molecule has 1 atom stereocenters. The van der Waals surface area contributed by atoms with Crippen molar-refractivity contribution >= 4 is 17.3 Å². The Labute approximate surface area is 169 Å². The highest BCUT2D eigenvalue weighted by molar-refractivity contribution is 6.06. The molecule has 3 nitrogen and oxygen atoms in total. The molecule has 0 fully saturated rings. The van der Waals surface area contributed by atoms with Crippen LogP contribution >= 0.6 is 0 Å². The number of allylic oxidation sites excluding steroid dienone is 5. The Bertz CT molecular complexity index is 779. The Morgan fingerprint density at radius 2 is 1.86 bits per heavy atom. The summed E-state index contributed by atoms with van der Waals surface area (Å²) >= 11 is 0. The summed E-state index contributed by atoms with van der Waals surface area (Å²) in [7, 11) is 0. The summed E-state index contributed by atoms with van der Waals surface area (Å²) in [5, 5.41) is 0. The molecular weight excluding hydrogens is 348 g/mol. The molecule has 0 aliphatic heterocycles. The van der Waals surface area contributed by atoms with Crippen LogP contribution in [0.2, 0.25) is 0 Å². The Balaban J connectivity index is 2.39. The largest absolute Gasteiger partial charge is 0.465 e. The predicted octanol–water partition coefficient (Wildman–Crippen LogP) is 6.07. The van der Waals surface area contributed by atoms with Crippen LogP contribution in [0.1, 0.15) is 65.4 Å². The van der Waals surface area contributed by atoms with Gasteiger partial charge < -0.3 is 4.74 Å². The van der Waals surface area contributed by atoms with Gasteiger partial charge in [-0.05, 0) is 70.6 Å². The molecule has 28 heavy (non-hydrogen) atoms. The van der Waals surface area contributed by atoms with Crippen molar-refractivity contribution in [2.45, 2.75) is 59.8 Å². The molecule has 0 radical (unpaired) electrons. The molecule has 1 aliphatic carbocycles. The van der Waals surface area contributed by atoms with Gasteiger partial charge in [-0.25, -0.2) is 0 Å². The van der Waals surface area contributed by atoms with Gasteiger partial charge in [-0.2, -0.15) is 0 Å². The van der Waals surface area contributed by atoms with Gasteiger partial charge in [0.25, 0.3) is 0 Å². The molecule has 0 heterocycles. The van der Waals surface area contributed by atoms with Crippen LogP contribution in [0, 0.1) is 5.41 Å². The lowest BCUT2D eigenvalue weighted by molar-refractivity contribution is -0.152. The van der Waals surface area contributed by atoms with Crippen LogP contribution < -0.4 is 0 Å². The van der Waals surface area contributed by atoms with E-state index in [1.54, 1.807) is 6.08 Å². The first-order chi connectivity index (χ1) is 13.4. The van der Waals surface area contributed by atoms with Gasteiger partial charge in [-0.1, -0.05) is 53.6 Å². The average molecular weight is 381 g/mol. The summed E-state index contributed by atoms with van der Waals surface area (Å²) in [6, 6.07) is 9.74. The lowest BCUT2D eigenvalue weighted by atomic mass is 9.67. The first-order valence-corrected chi connectivity index (χ1v) is 10.2. The Morgan fingerprint density at radius 1 is 1.14 bits per heavy atom. The summed E-state index contributed by atoms with van der Waals surface area (Å²) in [5.74, 6) is -0.158. The number of esters is 1. The topological polar surface area (TPSA) is 43.4 Å². The van der Waals surface area contributed by atoms with Crippen LogP contribution in [-0.2, 0) is 14.3 Å². The zero-order valence-electron chi connectivity index (χ0n) is 17.6. The third-order valence-corrected chi connectivity index (χ3v) is 5.26. The molecule has 2 rings (SSSR count). The van der Waals surface area contributed by atoms with Crippen LogP contribution in [0.25, 0.3) is 5.57 Å². The number of ether oxygens (including phenoxy) is 1. The molecule has 0 amide bonds. The minimum atomic E-state index is -0.803. The van der Waals surface area contributed by atoms with E-state index >= 15 is 0 Å². The second-order valence-electron chi connectivity index (χ2n) is 7.77. The molecule has 1 aliphatic rings. The molecule has 150 valence electrons. The van der Waals surface area contributed by atoms with E-state index in [1.165, 1.54) is 11.1 Å². The van der Waals surface area contributed by atoms with Crippen LogP contribution in [0.5, 0.6) is 0 Å². The van der Waals surface area contributed by atoms with E-state index < -0.39 is 5.41 Å². The summed E-state index contributed by atoms with van der Waals surface area (Å²) in [4.78, 5) is 25.3. The predicted molar refractivity (Wildman–Crippen MR) is 115 cm³/mol. The van der Waals surface area contributed by atoms with Crippen molar-refractivity contribution in [2.75, 3.05) is 6.61 Å². The highest BCUT2D eigenvalue weighted by atomic mass is 16.5. The molecule has 0 N–H and O–H groups in total. The molecule has 0 aromatic heterocycles. The van der Waals surface area contributed by atoms with Gasteiger partial charge in [0.05, 0.1) is 12.0 Å². The van der Waals surface area contributed by atoms with Crippen molar-refractivity contribution < 1.29 is 14.3 Å². The molecule has 3 heteroatoms. The third kappa shape index (κ3) is 5.54. The number of carbonyl (C=O) groups is 2. The molecule has 1 unspecified atom stereocenters. The van der Waals surface area contributed by atoms with Crippen LogP contribution in [-0.4, -0.2) is 18.4 Å². The number of rotatable bonds is 8. The maximum absolute atomic E-state index is 13.1. The molecule has 1 aromatic carbocycles. The van der Waals surface area contributed by atoms with E-state index in [-0.39, 0.29) is 11.8 Å². The molecule has 1 aromatic rings.